The molecule has 2 aliphatic carbocycles. The summed E-state index contributed by atoms with van der Waals surface area (Å²) < 4.78 is 6.09. The first-order valence-corrected chi connectivity index (χ1v) is 11.5. The zero-order valence-electron chi connectivity index (χ0n) is 19.4. The quantitative estimate of drug-likeness (QED) is 0.308. The van der Waals surface area contributed by atoms with Gasteiger partial charge in [0.15, 0.2) is 5.96 Å². The number of ether oxygens (including phenoxy) is 1. The van der Waals surface area contributed by atoms with Crippen LogP contribution in [0, 0.1) is 5.41 Å². The number of hydrogen-bond donors (Lipinski definition) is 2. The summed E-state index contributed by atoms with van der Waals surface area (Å²) >= 11 is 0. The first-order valence-electron chi connectivity index (χ1n) is 11.5. The summed E-state index contributed by atoms with van der Waals surface area (Å²) in [6.07, 6.45) is 7.87. The van der Waals surface area contributed by atoms with Crippen LogP contribution in [0.5, 0.6) is 0 Å². The number of amides is 1. The van der Waals surface area contributed by atoms with Gasteiger partial charge < -0.3 is 20.3 Å². The molecule has 2 atom stereocenters. The summed E-state index contributed by atoms with van der Waals surface area (Å²) in [5, 5.41) is 7.12. The van der Waals surface area contributed by atoms with Crippen molar-refractivity contribution >= 4 is 35.8 Å². The summed E-state index contributed by atoms with van der Waals surface area (Å²) in [5.74, 6) is 0.891. The van der Waals surface area contributed by atoms with Gasteiger partial charge in [-0.15, -0.1) is 24.0 Å². The van der Waals surface area contributed by atoms with Gasteiger partial charge in [-0.25, -0.2) is 4.99 Å². The Morgan fingerprint density at radius 2 is 1.84 bits per heavy atom. The molecule has 7 heteroatoms. The van der Waals surface area contributed by atoms with Crippen LogP contribution >= 0.6 is 24.0 Å². The SMILES string of the molecule is CCNC(=NCc1ccc(C(=O)N(C)C)cc1)NC1CC(OCC)C12CCCCC2.I. The minimum absolute atomic E-state index is 0. The van der Waals surface area contributed by atoms with Crippen molar-refractivity contribution in [3.05, 3.63) is 35.4 Å². The van der Waals surface area contributed by atoms with Gasteiger partial charge in [0, 0.05) is 44.3 Å². The molecule has 2 fully saturated rings. The Bertz CT molecular complexity index is 730. The molecule has 31 heavy (non-hydrogen) atoms. The van der Waals surface area contributed by atoms with E-state index in [9.17, 15) is 4.79 Å². The Hall–Kier alpha value is -1.35. The third-order valence-electron chi connectivity index (χ3n) is 6.62. The molecule has 0 radical (unpaired) electrons. The molecule has 0 heterocycles. The molecule has 2 saturated carbocycles. The van der Waals surface area contributed by atoms with Crippen molar-refractivity contribution in [1.82, 2.24) is 15.5 Å². The summed E-state index contributed by atoms with van der Waals surface area (Å²) in [4.78, 5) is 18.5. The van der Waals surface area contributed by atoms with Gasteiger partial charge in [0.25, 0.3) is 5.91 Å². The first-order chi connectivity index (χ1) is 14.5. The highest BCUT2D eigenvalue weighted by Gasteiger charge is 2.55. The molecule has 2 aliphatic rings. The predicted molar refractivity (Wildman–Crippen MR) is 137 cm³/mol. The van der Waals surface area contributed by atoms with E-state index in [1.165, 1.54) is 32.1 Å². The Morgan fingerprint density at radius 1 is 1.16 bits per heavy atom. The van der Waals surface area contributed by atoms with Crippen molar-refractivity contribution in [2.24, 2.45) is 10.4 Å². The largest absolute Gasteiger partial charge is 0.378 e. The molecule has 0 bridgehead atoms. The first kappa shape index (κ1) is 25.9. The Labute approximate surface area is 204 Å². The lowest BCUT2D eigenvalue weighted by Crippen LogP contribution is -2.66. The van der Waals surface area contributed by atoms with Gasteiger partial charge in [0.1, 0.15) is 0 Å². The molecule has 2 unspecified atom stereocenters. The maximum atomic E-state index is 12.1. The molecule has 1 spiro atoms. The number of halogens is 1. The van der Waals surface area contributed by atoms with Gasteiger partial charge >= 0.3 is 0 Å². The number of carbonyl (C=O) groups excluding carboxylic acids is 1. The van der Waals surface area contributed by atoms with E-state index >= 15 is 0 Å². The monoisotopic (exact) mass is 542 g/mol. The molecule has 0 saturated heterocycles. The number of guanidine groups is 1. The van der Waals surface area contributed by atoms with Crippen molar-refractivity contribution in [3.63, 3.8) is 0 Å². The fourth-order valence-corrected chi connectivity index (χ4v) is 4.93. The van der Waals surface area contributed by atoms with Crippen molar-refractivity contribution in [2.75, 3.05) is 27.2 Å². The van der Waals surface area contributed by atoms with Gasteiger partial charge in [-0.3, -0.25) is 4.79 Å². The van der Waals surface area contributed by atoms with Crippen LogP contribution < -0.4 is 10.6 Å². The second kappa shape index (κ2) is 12.0. The summed E-state index contributed by atoms with van der Waals surface area (Å²) in [5.41, 5.74) is 2.06. The molecular formula is C24H39IN4O2. The number of rotatable bonds is 7. The maximum Gasteiger partial charge on any atom is 0.253 e. The molecular weight excluding hydrogens is 503 g/mol. The lowest BCUT2D eigenvalue weighted by Gasteiger charge is -2.58. The number of aliphatic imine (C=N–C) groups is 1. The highest BCUT2D eigenvalue weighted by Crippen LogP contribution is 2.53. The second-order valence-electron chi connectivity index (χ2n) is 8.76. The van der Waals surface area contributed by atoms with E-state index in [4.69, 9.17) is 9.73 Å². The smallest absolute Gasteiger partial charge is 0.253 e. The fraction of sp³-hybridized carbons (Fsp3) is 0.667. The normalized spacial score (nSPS) is 22.3. The lowest BCUT2D eigenvalue weighted by atomic mass is 9.55. The number of nitrogens with zero attached hydrogens (tertiary/aromatic N) is 2. The maximum absolute atomic E-state index is 12.1. The summed E-state index contributed by atoms with van der Waals surface area (Å²) in [6, 6.07) is 8.15. The zero-order chi connectivity index (χ0) is 21.6. The molecule has 1 amide bonds. The van der Waals surface area contributed by atoms with E-state index in [2.05, 4.69) is 24.5 Å². The topological polar surface area (TPSA) is 66.0 Å². The van der Waals surface area contributed by atoms with Gasteiger partial charge in [-0.1, -0.05) is 31.4 Å². The van der Waals surface area contributed by atoms with E-state index in [1.807, 2.05) is 24.3 Å². The number of carbonyl (C=O) groups is 1. The van der Waals surface area contributed by atoms with Gasteiger partial charge in [0.2, 0.25) is 0 Å². The third kappa shape index (κ3) is 6.12. The van der Waals surface area contributed by atoms with Crippen LogP contribution in [0.25, 0.3) is 0 Å². The van der Waals surface area contributed by atoms with E-state index in [0.29, 0.717) is 24.3 Å². The highest BCUT2D eigenvalue weighted by molar-refractivity contribution is 14.0. The van der Waals surface area contributed by atoms with Crippen LogP contribution in [0.1, 0.15) is 68.3 Å². The molecule has 1 aromatic rings. The van der Waals surface area contributed by atoms with Crippen LogP contribution in [-0.4, -0.2) is 56.2 Å². The van der Waals surface area contributed by atoms with Crippen LogP contribution in [-0.2, 0) is 11.3 Å². The average Bonchev–Trinajstić information content (AvgIpc) is 2.77. The average molecular weight is 543 g/mol. The van der Waals surface area contributed by atoms with E-state index in [1.54, 1.807) is 19.0 Å². The van der Waals surface area contributed by atoms with Gasteiger partial charge in [-0.2, -0.15) is 0 Å². The van der Waals surface area contributed by atoms with Crippen LogP contribution in [0.15, 0.2) is 29.3 Å². The van der Waals surface area contributed by atoms with Crippen LogP contribution in [0.4, 0.5) is 0 Å². The van der Waals surface area contributed by atoms with E-state index in [0.717, 1.165) is 31.1 Å². The standard InChI is InChI=1S/C24H38N4O2.HI/c1-5-25-23(26-17-18-10-12-19(13-11-18)22(29)28(3)4)27-20-16-21(30-6-2)24(20)14-8-7-9-15-24;/h10-13,20-21H,5-9,14-17H2,1-4H3,(H2,25,26,27);1H. The molecule has 0 aliphatic heterocycles. The van der Waals surface area contributed by atoms with Crippen molar-refractivity contribution in [2.45, 2.75) is 71.1 Å². The molecule has 1 aromatic carbocycles. The van der Waals surface area contributed by atoms with Crippen molar-refractivity contribution in [1.29, 1.82) is 0 Å². The minimum atomic E-state index is 0. The van der Waals surface area contributed by atoms with E-state index < -0.39 is 0 Å². The number of nitrogens with one attached hydrogen (secondary N) is 2. The molecule has 6 nitrogen and oxygen atoms in total. The van der Waals surface area contributed by atoms with Gasteiger partial charge in [0.05, 0.1) is 12.6 Å². The van der Waals surface area contributed by atoms with Crippen LogP contribution in [0.2, 0.25) is 0 Å². The Morgan fingerprint density at radius 3 is 2.42 bits per heavy atom. The molecule has 174 valence electrons. The zero-order valence-corrected chi connectivity index (χ0v) is 21.8. The molecule has 0 aromatic heterocycles. The fourth-order valence-electron chi connectivity index (χ4n) is 4.93. The lowest BCUT2D eigenvalue weighted by molar-refractivity contribution is -0.145. The third-order valence-corrected chi connectivity index (χ3v) is 6.62. The van der Waals surface area contributed by atoms with Gasteiger partial charge in [-0.05, 0) is 50.8 Å². The summed E-state index contributed by atoms with van der Waals surface area (Å²) in [6.45, 7) is 6.40. The minimum Gasteiger partial charge on any atom is -0.378 e. The predicted octanol–water partition coefficient (Wildman–Crippen LogP) is 4.19. The van der Waals surface area contributed by atoms with Crippen molar-refractivity contribution < 1.29 is 9.53 Å². The number of benzene rings is 1. The second-order valence-corrected chi connectivity index (χ2v) is 8.76. The number of hydrogen-bond acceptors (Lipinski definition) is 3. The molecule has 3 rings (SSSR count). The summed E-state index contributed by atoms with van der Waals surface area (Å²) in [7, 11) is 3.54. The van der Waals surface area contributed by atoms with Crippen LogP contribution in [0.3, 0.4) is 0 Å². The highest BCUT2D eigenvalue weighted by atomic mass is 127. The molecule has 2 N–H and O–H groups in total. The Balaban J connectivity index is 0.00000341. The van der Waals surface area contributed by atoms with Crippen molar-refractivity contribution in [3.8, 4) is 0 Å². The van der Waals surface area contributed by atoms with E-state index in [-0.39, 0.29) is 35.3 Å². The Kier molecular flexibility index (Phi) is 10.1.